The van der Waals surface area contributed by atoms with Crippen molar-refractivity contribution >= 4 is 7.60 Å². The molecule has 0 saturated heterocycles. The first-order valence-electron chi connectivity index (χ1n) is 4.32. The van der Waals surface area contributed by atoms with E-state index in [0.29, 0.717) is 6.42 Å². The molecule has 0 radical (unpaired) electrons. The number of rotatable bonds is 4. The summed E-state index contributed by atoms with van der Waals surface area (Å²) in [7, 11) is -4.34. The molecule has 0 saturated carbocycles. The number of hydrogen-bond donors (Lipinski definition) is 2. The molecule has 0 aliphatic heterocycles. The number of hydrogen-bond acceptors (Lipinski definition) is 2. The minimum absolute atomic E-state index is 0.183. The van der Waals surface area contributed by atoms with Crippen molar-refractivity contribution in [2.24, 2.45) is 5.92 Å². The lowest BCUT2D eigenvalue weighted by molar-refractivity contribution is 0.301. The van der Waals surface area contributed by atoms with E-state index in [0.717, 1.165) is 0 Å². The van der Waals surface area contributed by atoms with E-state index >= 15 is 0 Å². The third kappa shape index (κ3) is 2.11. The molecule has 0 aromatic heterocycles. The molecule has 0 fully saturated rings. The van der Waals surface area contributed by atoms with Crippen molar-refractivity contribution in [3.05, 3.63) is 0 Å². The summed E-state index contributed by atoms with van der Waals surface area (Å²) < 4.78 is 11.2. The first kappa shape index (κ1) is 12.6. The van der Waals surface area contributed by atoms with Gasteiger partial charge in [-0.15, -0.1) is 0 Å². The molecule has 0 aromatic rings. The zero-order valence-electron chi connectivity index (χ0n) is 8.19. The second-order valence-electron chi connectivity index (χ2n) is 3.24. The summed E-state index contributed by atoms with van der Waals surface area (Å²) in [4.78, 5) is 18.2. The predicted molar refractivity (Wildman–Crippen MR) is 50.1 cm³/mol. The highest BCUT2D eigenvalue weighted by molar-refractivity contribution is 7.54. The molecule has 0 heterocycles. The molecular weight excluding hydrogens is 189 g/mol. The molecule has 0 spiro atoms. The van der Waals surface area contributed by atoms with Gasteiger partial charge in [0.05, 0.1) is 6.07 Å². The highest BCUT2D eigenvalue weighted by atomic mass is 31.2. The third-order valence-corrected chi connectivity index (χ3v) is 4.58. The summed E-state index contributed by atoms with van der Waals surface area (Å²) in [6, 6.07) is 1.79. The predicted octanol–water partition coefficient (Wildman–Crippen LogP) is 1.88. The average Bonchev–Trinajstić information content (AvgIpc) is 2.04. The van der Waals surface area contributed by atoms with E-state index in [1.165, 1.54) is 0 Å². The standard InChI is InChI=1S/C8H16NO3P/c1-4-7(3)8(5-2,6-9)13(10,11)12/h7H,4-5H2,1-3H3,(H2,10,11,12). The SMILES string of the molecule is CCC(C)C(C#N)(CC)P(=O)(O)O. The van der Waals surface area contributed by atoms with Crippen LogP contribution in [0.5, 0.6) is 0 Å². The van der Waals surface area contributed by atoms with Crippen LogP contribution in [0.15, 0.2) is 0 Å². The maximum absolute atomic E-state index is 11.2. The van der Waals surface area contributed by atoms with Crippen molar-refractivity contribution in [3.8, 4) is 6.07 Å². The van der Waals surface area contributed by atoms with Crippen LogP contribution in [0.1, 0.15) is 33.6 Å². The fraction of sp³-hybridized carbons (Fsp3) is 0.875. The molecule has 76 valence electrons. The van der Waals surface area contributed by atoms with Crippen LogP contribution < -0.4 is 0 Å². The number of nitrogens with zero attached hydrogens (tertiary/aromatic N) is 1. The fourth-order valence-electron chi connectivity index (χ4n) is 1.43. The van der Waals surface area contributed by atoms with Crippen molar-refractivity contribution in [3.63, 3.8) is 0 Å². The summed E-state index contributed by atoms with van der Waals surface area (Å²) in [5.41, 5.74) is 0. The zero-order chi connectivity index (χ0) is 10.7. The Bertz CT molecular complexity index is 255. The Kier molecular flexibility index (Phi) is 4.12. The van der Waals surface area contributed by atoms with E-state index in [1.807, 2.05) is 6.92 Å². The van der Waals surface area contributed by atoms with Gasteiger partial charge in [0.2, 0.25) is 0 Å². The Balaban J connectivity index is 5.20. The largest absolute Gasteiger partial charge is 0.345 e. The van der Waals surface area contributed by atoms with Gasteiger partial charge < -0.3 is 9.79 Å². The Labute approximate surface area is 78.7 Å². The van der Waals surface area contributed by atoms with Gasteiger partial charge in [0.25, 0.3) is 0 Å². The Hall–Kier alpha value is -0.360. The third-order valence-electron chi connectivity index (χ3n) is 2.68. The summed E-state index contributed by atoms with van der Waals surface area (Å²) >= 11 is 0. The lowest BCUT2D eigenvalue weighted by Gasteiger charge is -2.31. The van der Waals surface area contributed by atoms with Gasteiger partial charge in [-0.2, -0.15) is 5.26 Å². The van der Waals surface area contributed by atoms with Gasteiger partial charge in [0.15, 0.2) is 5.16 Å². The second-order valence-corrected chi connectivity index (χ2v) is 5.13. The topological polar surface area (TPSA) is 81.3 Å². The molecular formula is C8H16NO3P. The smallest absolute Gasteiger partial charge is 0.323 e. The quantitative estimate of drug-likeness (QED) is 0.686. The molecule has 0 rings (SSSR count). The van der Waals surface area contributed by atoms with Crippen LogP contribution in [0.4, 0.5) is 0 Å². The summed E-state index contributed by atoms with van der Waals surface area (Å²) in [5, 5.41) is 7.37. The molecule has 2 N–H and O–H groups in total. The van der Waals surface area contributed by atoms with Gasteiger partial charge in [-0.3, -0.25) is 4.57 Å². The molecule has 0 aliphatic rings. The Morgan fingerprint density at radius 1 is 1.54 bits per heavy atom. The normalized spacial score (nSPS) is 18.8. The van der Waals surface area contributed by atoms with Crippen molar-refractivity contribution in [1.29, 1.82) is 5.26 Å². The summed E-state index contributed by atoms with van der Waals surface area (Å²) in [6.07, 6.45) is 0.773. The lowest BCUT2D eigenvalue weighted by atomic mass is 9.90. The lowest BCUT2D eigenvalue weighted by Crippen LogP contribution is -2.33. The summed E-state index contributed by atoms with van der Waals surface area (Å²) in [6.45, 7) is 5.16. The van der Waals surface area contributed by atoms with Crippen molar-refractivity contribution in [2.45, 2.75) is 38.8 Å². The van der Waals surface area contributed by atoms with Gasteiger partial charge in [-0.25, -0.2) is 0 Å². The van der Waals surface area contributed by atoms with Gasteiger partial charge in [0.1, 0.15) is 0 Å². The number of nitriles is 1. The monoisotopic (exact) mass is 205 g/mol. The van der Waals surface area contributed by atoms with Crippen LogP contribution in [0.2, 0.25) is 0 Å². The van der Waals surface area contributed by atoms with Gasteiger partial charge in [0, 0.05) is 0 Å². The van der Waals surface area contributed by atoms with E-state index in [9.17, 15) is 4.57 Å². The fourth-order valence-corrected chi connectivity index (χ4v) is 2.73. The van der Waals surface area contributed by atoms with Crippen LogP contribution in [0, 0.1) is 17.2 Å². The van der Waals surface area contributed by atoms with Gasteiger partial charge in [-0.1, -0.05) is 27.2 Å². The van der Waals surface area contributed by atoms with Crippen LogP contribution in [0.25, 0.3) is 0 Å². The second kappa shape index (κ2) is 4.23. The molecule has 2 atom stereocenters. The first-order chi connectivity index (χ1) is 5.85. The zero-order valence-corrected chi connectivity index (χ0v) is 9.08. The average molecular weight is 205 g/mol. The van der Waals surface area contributed by atoms with E-state index in [4.69, 9.17) is 15.0 Å². The molecule has 13 heavy (non-hydrogen) atoms. The molecule has 5 heteroatoms. The van der Waals surface area contributed by atoms with Crippen LogP contribution in [-0.4, -0.2) is 14.9 Å². The molecule has 0 aromatic carbocycles. The summed E-state index contributed by atoms with van der Waals surface area (Å²) in [5.74, 6) is -0.289. The van der Waals surface area contributed by atoms with Crippen molar-refractivity contribution < 1.29 is 14.4 Å². The van der Waals surface area contributed by atoms with Crippen molar-refractivity contribution in [2.75, 3.05) is 0 Å². The molecule has 4 nitrogen and oxygen atoms in total. The highest BCUT2D eigenvalue weighted by Crippen LogP contribution is 2.56. The van der Waals surface area contributed by atoms with Crippen molar-refractivity contribution in [1.82, 2.24) is 0 Å². The Morgan fingerprint density at radius 2 is 2.00 bits per heavy atom. The molecule has 2 unspecified atom stereocenters. The minimum Gasteiger partial charge on any atom is -0.323 e. The van der Waals surface area contributed by atoms with Gasteiger partial charge >= 0.3 is 7.60 Å². The van der Waals surface area contributed by atoms with Gasteiger partial charge in [-0.05, 0) is 12.3 Å². The van der Waals surface area contributed by atoms with Crippen LogP contribution in [0.3, 0.4) is 0 Å². The molecule has 0 bridgehead atoms. The van der Waals surface area contributed by atoms with Crippen LogP contribution in [-0.2, 0) is 4.57 Å². The Morgan fingerprint density at radius 3 is 2.08 bits per heavy atom. The molecule has 0 amide bonds. The van der Waals surface area contributed by atoms with Crippen LogP contribution >= 0.6 is 7.60 Å². The first-order valence-corrected chi connectivity index (χ1v) is 5.93. The maximum atomic E-state index is 11.2. The molecule has 0 aliphatic carbocycles. The van der Waals surface area contributed by atoms with E-state index < -0.39 is 12.8 Å². The highest BCUT2D eigenvalue weighted by Gasteiger charge is 2.49. The van der Waals surface area contributed by atoms with E-state index in [-0.39, 0.29) is 12.3 Å². The van der Waals surface area contributed by atoms with E-state index in [1.54, 1.807) is 19.9 Å². The van der Waals surface area contributed by atoms with E-state index in [2.05, 4.69) is 0 Å². The minimum atomic E-state index is -4.34. The maximum Gasteiger partial charge on any atom is 0.345 e.